The van der Waals surface area contributed by atoms with Gasteiger partial charge in [0.15, 0.2) is 0 Å². The number of pyridine rings is 1. The standard InChI is InChI=1S/C42H59N7O6/c1-8-29(2)36(49-25-24-47(41(49)54)27-33-21-15-16-30(3)43-33)38(51)44-34(26-32-19-13-10-14-20-32)35(50)28-48(23-22-31-17-11-9-12-18-31)46-39(52)37(42(4,5)6)45-40(53)55-7/h9-21,29,34-37,50H,8,22-28H2,1-7H3,(H,44,51)(H,45,53)(H,46,52). The lowest BCUT2D eigenvalue weighted by molar-refractivity contribution is -0.132. The molecule has 3 aromatic rings. The fraction of sp³-hybridized carbons (Fsp3) is 0.500. The molecule has 1 saturated heterocycles. The molecule has 0 bridgehead atoms. The molecule has 5 unspecified atom stereocenters. The fourth-order valence-electron chi connectivity index (χ4n) is 6.77. The number of hydrogen-bond donors (Lipinski definition) is 4. The van der Waals surface area contributed by atoms with Gasteiger partial charge in [-0.15, -0.1) is 0 Å². The molecule has 4 N–H and O–H groups in total. The Morgan fingerprint density at radius 3 is 2.18 bits per heavy atom. The van der Waals surface area contributed by atoms with E-state index in [9.17, 15) is 24.3 Å². The molecule has 1 fully saturated rings. The van der Waals surface area contributed by atoms with E-state index in [1.807, 2.05) is 120 Å². The predicted molar refractivity (Wildman–Crippen MR) is 211 cm³/mol. The summed E-state index contributed by atoms with van der Waals surface area (Å²) in [5.41, 5.74) is 5.85. The zero-order valence-electron chi connectivity index (χ0n) is 33.3. The quantitative estimate of drug-likeness (QED) is 0.139. The second kappa shape index (κ2) is 20.1. The number of methoxy groups -OCH3 is 1. The van der Waals surface area contributed by atoms with E-state index in [2.05, 4.69) is 21.0 Å². The average Bonchev–Trinajstić information content (AvgIpc) is 3.50. The minimum absolute atomic E-state index is 0.0423. The number of aliphatic hydroxyl groups excluding tert-OH is 1. The Balaban J connectivity index is 1.58. The van der Waals surface area contributed by atoms with Crippen molar-refractivity contribution in [3.8, 4) is 0 Å². The highest BCUT2D eigenvalue weighted by atomic mass is 16.5. The van der Waals surface area contributed by atoms with Crippen molar-refractivity contribution in [2.24, 2.45) is 11.3 Å². The highest BCUT2D eigenvalue weighted by Crippen LogP contribution is 2.23. The maximum Gasteiger partial charge on any atom is 0.407 e. The van der Waals surface area contributed by atoms with Gasteiger partial charge in [-0.25, -0.2) is 14.6 Å². The van der Waals surface area contributed by atoms with Gasteiger partial charge in [0.25, 0.3) is 5.91 Å². The number of aryl methyl sites for hydroxylation is 1. The first-order valence-electron chi connectivity index (χ1n) is 19.1. The normalized spacial score (nSPS) is 15.9. The van der Waals surface area contributed by atoms with Crippen molar-refractivity contribution in [2.45, 2.75) is 91.6 Å². The van der Waals surface area contributed by atoms with Gasteiger partial charge in [0.1, 0.15) is 12.1 Å². The molecule has 5 amide bonds. The molecule has 2 aromatic carbocycles. The van der Waals surface area contributed by atoms with E-state index >= 15 is 0 Å². The zero-order chi connectivity index (χ0) is 40.1. The summed E-state index contributed by atoms with van der Waals surface area (Å²) in [6, 6.07) is 22.3. The Morgan fingerprint density at radius 1 is 0.927 bits per heavy atom. The van der Waals surface area contributed by atoms with E-state index in [0.29, 0.717) is 45.4 Å². The van der Waals surface area contributed by atoms with Gasteiger partial charge < -0.3 is 30.3 Å². The van der Waals surface area contributed by atoms with Gasteiger partial charge in [0.2, 0.25) is 5.91 Å². The van der Waals surface area contributed by atoms with Crippen LogP contribution in [0.5, 0.6) is 0 Å². The monoisotopic (exact) mass is 757 g/mol. The van der Waals surface area contributed by atoms with Crippen LogP contribution in [0.4, 0.5) is 9.59 Å². The number of amides is 5. The third-order valence-corrected chi connectivity index (χ3v) is 10.1. The lowest BCUT2D eigenvalue weighted by Crippen LogP contribution is -2.60. The summed E-state index contributed by atoms with van der Waals surface area (Å²) < 4.78 is 4.80. The molecular weight excluding hydrogens is 699 g/mol. The first-order valence-corrected chi connectivity index (χ1v) is 19.1. The summed E-state index contributed by atoms with van der Waals surface area (Å²) >= 11 is 0. The van der Waals surface area contributed by atoms with E-state index in [4.69, 9.17) is 4.74 Å². The predicted octanol–water partition coefficient (Wildman–Crippen LogP) is 4.48. The van der Waals surface area contributed by atoms with Gasteiger partial charge in [-0.2, -0.15) is 0 Å². The van der Waals surface area contributed by atoms with Gasteiger partial charge in [-0.1, -0.05) is 108 Å². The van der Waals surface area contributed by atoms with Crippen molar-refractivity contribution in [2.75, 3.05) is 33.3 Å². The van der Waals surface area contributed by atoms with E-state index in [0.717, 1.165) is 22.5 Å². The number of ether oxygens (including phenoxy) is 1. The van der Waals surface area contributed by atoms with Crippen molar-refractivity contribution < 1.29 is 29.0 Å². The van der Waals surface area contributed by atoms with Crippen LogP contribution in [0.3, 0.4) is 0 Å². The molecule has 13 nitrogen and oxygen atoms in total. The van der Waals surface area contributed by atoms with Gasteiger partial charge in [-0.05, 0) is 54.4 Å². The molecule has 1 aliphatic rings. The molecule has 0 saturated carbocycles. The van der Waals surface area contributed by atoms with Crippen LogP contribution >= 0.6 is 0 Å². The molecule has 13 heteroatoms. The fourth-order valence-corrected chi connectivity index (χ4v) is 6.77. The van der Waals surface area contributed by atoms with Crippen LogP contribution in [0.2, 0.25) is 0 Å². The van der Waals surface area contributed by atoms with Crippen molar-refractivity contribution in [3.63, 3.8) is 0 Å². The number of carbonyl (C=O) groups excluding carboxylic acids is 4. The Labute approximate surface area is 325 Å². The van der Waals surface area contributed by atoms with Crippen molar-refractivity contribution >= 4 is 23.9 Å². The molecule has 0 aliphatic carbocycles. The lowest BCUT2D eigenvalue weighted by Gasteiger charge is -2.36. The van der Waals surface area contributed by atoms with Crippen molar-refractivity contribution in [1.29, 1.82) is 0 Å². The van der Waals surface area contributed by atoms with E-state index < -0.39 is 41.6 Å². The van der Waals surface area contributed by atoms with Crippen LogP contribution < -0.4 is 16.1 Å². The second-order valence-corrected chi connectivity index (χ2v) is 15.5. The van der Waals surface area contributed by atoms with Crippen LogP contribution in [0.25, 0.3) is 0 Å². The molecule has 5 atom stereocenters. The molecule has 4 rings (SSSR count). The van der Waals surface area contributed by atoms with Crippen LogP contribution in [0.15, 0.2) is 78.9 Å². The summed E-state index contributed by atoms with van der Waals surface area (Å²) in [4.78, 5) is 62.2. The number of nitrogens with one attached hydrogen (secondary N) is 3. The molecule has 298 valence electrons. The van der Waals surface area contributed by atoms with Crippen LogP contribution in [0.1, 0.15) is 63.6 Å². The summed E-state index contributed by atoms with van der Waals surface area (Å²) in [5.74, 6) is -1.00. The summed E-state index contributed by atoms with van der Waals surface area (Å²) in [6.45, 7) is 12.8. The molecule has 2 heterocycles. The molecule has 1 aromatic heterocycles. The van der Waals surface area contributed by atoms with Crippen LogP contribution in [-0.4, -0.2) is 106 Å². The Hall–Kier alpha value is -5.01. The average molecular weight is 758 g/mol. The zero-order valence-corrected chi connectivity index (χ0v) is 33.3. The molecule has 0 spiro atoms. The number of hydrazine groups is 1. The van der Waals surface area contributed by atoms with Crippen LogP contribution in [-0.2, 0) is 33.7 Å². The number of benzene rings is 2. The number of rotatable bonds is 18. The first kappa shape index (κ1) is 42.7. The highest BCUT2D eigenvalue weighted by Gasteiger charge is 2.41. The Bertz CT molecular complexity index is 1700. The summed E-state index contributed by atoms with van der Waals surface area (Å²) in [6.07, 6.45) is -0.386. The highest BCUT2D eigenvalue weighted by molar-refractivity contribution is 5.88. The van der Waals surface area contributed by atoms with Gasteiger partial charge in [0.05, 0.1) is 31.5 Å². The Kier molecular flexibility index (Phi) is 15.6. The number of nitrogens with zero attached hydrogens (tertiary/aromatic N) is 4. The molecule has 0 radical (unpaired) electrons. The maximum atomic E-state index is 14.4. The third-order valence-electron chi connectivity index (χ3n) is 10.1. The maximum absolute atomic E-state index is 14.4. The van der Waals surface area contributed by atoms with E-state index in [-0.39, 0.29) is 24.4 Å². The van der Waals surface area contributed by atoms with E-state index in [1.54, 1.807) is 14.8 Å². The number of carbonyl (C=O) groups is 4. The number of aliphatic hydroxyl groups is 1. The van der Waals surface area contributed by atoms with Gasteiger partial charge in [0, 0.05) is 31.9 Å². The first-order chi connectivity index (χ1) is 26.2. The Morgan fingerprint density at radius 2 is 1.58 bits per heavy atom. The molecule has 55 heavy (non-hydrogen) atoms. The van der Waals surface area contributed by atoms with Gasteiger partial charge >= 0.3 is 12.1 Å². The van der Waals surface area contributed by atoms with Gasteiger partial charge in [-0.3, -0.25) is 20.0 Å². The molecular formula is C42H59N7O6. The topological polar surface area (TPSA) is 156 Å². The minimum atomic E-state index is -1.15. The largest absolute Gasteiger partial charge is 0.453 e. The summed E-state index contributed by atoms with van der Waals surface area (Å²) in [7, 11) is 1.24. The van der Waals surface area contributed by atoms with Crippen LogP contribution in [0, 0.1) is 18.3 Å². The van der Waals surface area contributed by atoms with E-state index in [1.165, 1.54) is 7.11 Å². The number of alkyl carbamates (subject to hydrolysis) is 1. The lowest BCUT2D eigenvalue weighted by atomic mass is 9.86. The molecule has 1 aliphatic heterocycles. The number of hydrogen-bond acceptors (Lipinski definition) is 8. The SMILES string of the molecule is CCC(C)C(C(=O)NC(Cc1ccccc1)C(O)CN(CCc1ccccc1)NC(=O)C(NC(=O)OC)C(C)(C)C)N1CCN(Cc2cccc(C)n2)C1=O. The van der Waals surface area contributed by atoms with Crippen molar-refractivity contribution in [3.05, 3.63) is 101 Å². The number of aromatic nitrogens is 1. The third kappa shape index (κ3) is 12.5. The van der Waals surface area contributed by atoms with Crippen molar-refractivity contribution in [1.82, 2.24) is 35.9 Å². The minimum Gasteiger partial charge on any atom is -0.453 e. The second-order valence-electron chi connectivity index (χ2n) is 15.5. The number of urea groups is 1. The summed E-state index contributed by atoms with van der Waals surface area (Å²) in [5, 5.41) is 19.4. The smallest absolute Gasteiger partial charge is 0.407 e.